The number of carbonyl (C=O) groups excluding carboxylic acids is 1. The molecule has 6 nitrogen and oxygen atoms in total. The maximum atomic E-state index is 11.2. The highest BCUT2D eigenvalue weighted by Gasteiger charge is 2.13. The third-order valence-corrected chi connectivity index (χ3v) is 3.06. The van der Waals surface area contributed by atoms with E-state index in [1.807, 2.05) is 0 Å². The lowest BCUT2D eigenvalue weighted by molar-refractivity contribution is 0.108. The molecule has 0 radical (unpaired) electrons. The summed E-state index contributed by atoms with van der Waals surface area (Å²) >= 11 is 5.46. The number of methoxy groups -OCH3 is 1. The highest BCUT2D eigenvalue weighted by molar-refractivity contribution is 6.67. The van der Waals surface area contributed by atoms with Gasteiger partial charge >= 0.3 is 0 Å². The summed E-state index contributed by atoms with van der Waals surface area (Å²) in [5.74, 6) is 1.09. The number of rotatable bonds is 3. The number of hydrogen-bond donors (Lipinski definition) is 1. The van der Waals surface area contributed by atoms with Crippen molar-refractivity contribution in [2.75, 3.05) is 7.11 Å². The van der Waals surface area contributed by atoms with Crippen LogP contribution in [0.15, 0.2) is 30.7 Å². The molecule has 0 atom stereocenters. The smallest absolute Gasteiger partial charge is 0.252 e. The van der Waals surface area contributed by atoms with Gasteiger partial charge < -0.3 is 9.72 Å². The number of aromatic nitrogens is 4. The van der Waals surface area contributed by atoms with E-state index in [0.29, 0.717) is 28.3 Å². The van der Waals surface area contributed by atoms with Crippen LogP contribution < -0.4 is 4.74 Å². The second-order valence-corrected chi connectivity index (χ2v) is 4.38. The van der Waals surface area contributed by atoms with Crippen molar-refractivity contribution in [2.24, 2.45) is 0 Å². The number of nitrogens with one attached hydrogen (secondary N) is 1. The molecule has 0 saturated heterocycles. The summed E-state index contributed by atoms with van der Waals surface area (Å²) in [4.78, 5) is 26.6. The summed E-state index contributed by atoms with van der Waals surface area (Å²) in [6, 6.07) is 4.91. The van der Waals surface area contributed by atoms with Crippen molar-refractivity contribution in [3.05, 3.63) is 36.3 Å². The molecule has 3 rings (SSSR count). The molecule has 21 heavy (non-hydrogen) atoms. The molecule has 0 aliphatic carbocycles. The topological polar surface area (TPSA) is 80.8 Å². The molecular weight excluding hydrogens is 315 g/mol. The predicted octanol–water partition coefficient (Wildman–Crippen LogP) is 2.83. The molecule has 2 aromatic heterocycles. The molecule has 2 heterocycles. The molecule has 8 heteroatoms. The maximum absolute atomic E-state index is 11.2. The molecular formula is C13H10Cl2N4O2. The van der Waals surface area contributed by atoms with Crippen molar-refractivity contribution in [3.8, 4) is 17.1 Å². The maximum Gasteiger partial charge on any atom is 0.252 e. The lowest BCUT2D eigenvalue weighted by atomic mass is 10.1. The molecule has 0 saturated carbocycles. The van der Waals surface area contributed by atoms with Crippen LogP contribution >= 0.6 is 24.0 Å². The minimum atomic E-state index is -0.537. The Labute approximate surface area is 130 Å². The minimum absolute atomic E-state index is 0. The Morgan fingerprint density at radius 2 is 2.19 bits per heavy atom. The number of ether oxygens (including phenoxy) is 1. The Morgan fingerprint density at radius 3 is 2.86 bits per heavy atom. The SMILES string of the molecule is COc1cc(C(=O)Cl)ccc1-c1nc2ncncc2[nH]1.Cl. The van der Waals surface area contributed by atoms with E-state index in [1.165, 1.54) is 13.4 Å². The van der Waals surface area contributed by atoms with E-state index in [1.54, 1.807) is 24.4 Å². The molecule has 0 amide bonds. The number of H-pyrrole nitrogens is 1. The molecule has 108 valence electrons. The third-order valence-electron chi connectivity index (χ3n) is 2.85. The number of halogens is 2. The number of nitrogens with zero attached hydrogens (tertiary/aromatic N) is 3. The Morgan fingerprint density at radius 1 is 1.38 bits per heavy atom. The van der Waals surface area contributed by atoms with Gasteiger partial charge in [0, 0.05) is 5.56 Å². The average molecular weight is 325 g/mol. The van der Waals surface area contributed by atoms with E-state index in [2.05, 4.69) is 19.9 Å². The highest BCUT2D eigenvalue weighted by Crippen LogP contribution is 2.30. The largest absolute Gasteiger partial charge is 0.496 e. The van der Waals surface area contributed by atoms with Crippen molar-refractivity contribution in [2.45, 2.75) is 0 Å². The van der Waals surface area contributed by atoms with Crippen LogP contribution in [0.2, 0.25) is 0 Å². The van der Waals surface area contributed by atoms with E-state index in [4.69, 9.17) is 16.3 Å². The lowest BCUT2D eigenvalue weighted by Crippen LogP contribution is -1.94. The van der Waals surface area contributed by atoms with Gasteiger partial charge in [0.25, 0.3) is 5.24 Å². The zero-order valence-electron chi connectivity index (χ0n) is 10.8. The van der Waals surface area contributed by atoms with Gasteiger partial charge in [-0.1, -0.05) is 0 Å². The molecule has 1 aromatic carbocycles. The first-order chi connectivity index (χ1) is 9.69. The van der Waals surface area contributed by atoms with Crippen LogP contribution in [0.25, 0.3) is 22.6 Å². The van der Waals surface area contributed by atoms with Crippen LogP contribution in [0, 0.1) is 0 Å². The first-order valence-corrected chi connectivity index (χ1v) is 6.11. The molecule has 0 aliphatic heterocycles. The standard InChI is InChI=1S/C13H9ClN4O2.ClH/c1-20-10-4-7(11(14)19)2-3-8(10)12-17-9-5-15-6-16-13(9)18-12;/h2-6H,1H3,(H,15,16,17,18);1H. The summed E-state index contributed by atoms with van der Waals surface area (Å²) < 4.78 is 5.28. The van der Waals surface area contributed by atoms with Gasteiger partial charge in [0.2, 0.25) is 0 Å². The fourth-order valence-corrected chi connectivity index (χ4v) is 2.02. The molecule has 3 aromatic rings. The molecule has 1 N–H and O–H groups in total. The first kappa shape index (κ1) is 15.2. The van der Waals surface area contributed by atoms with E-state index < -0.39 is 5.24 Å². The zero-order valence-corrected chi connectivity index (χ0v) is 12.4. The number of benzene rings is 1. The number of hydrogen-bond acceptors (Lipinski definition) is 5. The molecule has 0 spiro atoms. The van der Waals surface area contributed by atoms with E-state index in [-0.39, 0.29) is 12.4 Å². The summed E-state index contributed by atoms with van der Waals surface area (Å²) in [6.45, 7) is 0. The number of aromatic amines is 1. The molecule has 0 aliphatic rings. The van der Waals surface area contributed by atoms with E-state index in [9.17, 15) is 4.79 Å². The quantitative estimate of drug-likeness (QED) is 0.749. The van der Waals surface area contributed by atoms with Crippen LogP contribution in [-0.2, 0) is 0 Å². The Kier molecular flexibility index (Phi) is 4.40. The van der Waals surface area contributed by atoms with E-state index >= 15 is 0 Å². The average Bonchev–Trinajstić information content (AvgIpc) is 2.90. The number of fused-ring (bicyclic) bond motifs is 1. The Hall–Kier alpha value is -2.18. The molecule has 0 fully saturated rings. The predicted molar refractivity (Wildman–Crippen MR) is 81.1 cm³/mol. The number of carbonyl (C=O) groups is 1. The Balaban J connectivity index is 0.00000161. The summed E-state index contributed by atoms with van der Waals surface area (Å²) in [7, 11) is 1.52. The van der Waals surface area contributed by atoms with Gasteiger partial charge in [0.15, 0.2) is 5.65 Å². The fraction of sp³-hybridized carbons (Fsp3) is 0.0769. The second-order valence-electron chi connectivity index (χ2n) is 4.03. The van der Waals surface area contributed by atoms with Crippen molar-refractivity contribution >= 4 is 40.4 Å². The third kappa shape index (κ3) is 2.81. The van der Waals surface area contributed by atoms with Crippen molar-refractivity contribution in [1.29, 1.82) is 0 Å². The van der Waals surface area contributed by atoms with Gasteiger partial charge in [-0.05, 0) is 29.8 Å². The van der Waals surface area contributed by atoms with Crippen molar-refractivity contribution in [3.63, 3.8) is 0 Å². The van der Waals surface area contributed by atoms with Gasteiger partial charge in [-0.25, -0.2) is 15.0 Å². The normalized spacial score (nSPS) is 10.2. The van der Waals surface area contributed by atoms with Gasteiger partial charge in [-0.2, -0.15) is 0 Å². The van der Waals surface area contributed by atoms with Crippen LogP contribution in [0.4, 0.5) is 0 Å². The van der Waals surface area contributed by atoms with Gasteiger partial charge in [0.1, 0.15) is 23.4 Å². The van der Waals surface area contributed by atoms with Crippen LogP contribution in [0.3, 0.4) is 0 Å². The van der Waals surface area contributed by atoms with Crippen molar-refractivity contribution < 1.29 is 9.53 Å². The van der Waals surface area contributed by atoms with Gasteiger partial charge in [-0.15, -0.1) is 12.4 Å². The monoisotopic (exact) mass is 324 g/mol. The van der Waals surface area contributed by atoms with Gasteiger partial charge in [0.05, 0.1) is 18.9 Å². The molecule has 0 bridgehead atoms. The minimum Gasteiger partial charge on any atom is -0.496 e. The van der Waals surface area contributed by atoms with Crippen LogP contribution in [0.1, 0.15) is 10.4 Å². The number of imidazole rings is 1. The summed E-state index contributed by atoms with van der Waals surface area (Å²) in [5.41, 5.74) is 2.37. The highest BCUT2D eigenvalue weighted by atomic mass is 35.5. The fourth-order valence-electron chi connectivity index (χ4n) is 1.90. The summed E-state index contributed by atoms with van der Waals surface area (Å²) in [6.07, 6.45) is 3.07. The lowest BCUT2D eigenvalue weighted by Gasteiger charge is -2.07. The zero-order chi connectivity index (χ0) is 14.1. The van der Waals surface area contributed by atoms with Crippen LogP contribution in [-0.4, -0.2) is 32.3 Å². The van der Waals surface area contributed by atoms with E-state index in [0.717, 1.165) is 5.52 Å². The Bertz CT molecular complexity index is 771. The summed E-state index contributed by atoms with van der Waals surface area (Å²) in [5, 5.41) is -0.537. The molecule has 0 unspecified atom stereocenters. The van der Waals surface area contributed by atoms with Gasteiger partial charge in [-0.3, -0.25) is 4.79 Å². The second kappa shape index (κ2) is 6.07. The first-order valence-electron chi connectivity index (χ1n) is 5.73. The van der Waals surface area contributed by atoms with Crippen LogP contribution in [0.5, 0.6) is 5.75 Å². The van der Waals surface area contributed by atoms with Crippen molar-refractivity contribution in [1.82, 2.24) is 19.9 Å².